The number of rotatable bonds is 2. The van der Waals surface area contributed by atoms with Crippen LogP contribution in [0.5, 0.6) is 0 Å². The Balaban J connectivity index is 2.27. The third-order valence-corrected chi connectivity index (χ3v) is 3.43. The van der Waals surface area contributed by atoms with E-state index in [4.69, 9.17) is 0 Å². The second-order valence-electron chi connectivity index (χ2n) is 5.65. The Kier molecular flexibility index (Phi) is 4.00. The predicted octanol–water partition coefficient (Wildman–Crippen LogP) is 2.47. The normalized spacial score (nSPS) is 19.1. The zero-order chi connectivity index (χ0) is 11.5. The number of carbonyl (C=O) groups excluding carboxylic acids is 1. The topological polar surface area (TPSA) is 32.3 Å². The minimum atomic E-state index is 0.114. The van der Waals surface area contributed by atoms with E-state index >= 15 is 0 Å². The summed E-state index contributed by atoms with van der Waals surface area (Å²) < 4.78 is 0. The lowest BCUT2D eigenvalue weighted by atomic mass is 9.82. The molecule has 0 saturated carbocycles. The molecule has 1 unspecified atom stereocenters. The van der Waals surface area contributed by atoms with E-state index in [0.29, 0.717) is 5.92 Å². The van der Waals surface area contributed by atoms with Gasteiger partial charge < -0.3 is 10.2 Å². The molecule has 0 aromatic rings. The summed E-state index contributed by atoms with van der Waals surface area (Å²) in [5, 5.41) is 3.02. The van der Waals surface area contributed by atoms with Crippen LogP contribution in [-0.4, -0.2) is 30.6 Å². The molecule has 15 heavy (non-hydrogen) atoms. The molecule has 3 nitrogen and oxygen atoms in total. The Bertz CT molecular complexity index is 214. The van der Waals surface area contributed by atoms with Crippen LogP contribution in [0.2, 0.25) is 0 Å². The molecule has 0 bridgehead atoms. The summed E-state index contributed by atoms with van der Waals surface area (Å²) >= 11 is 0. The smallest absolute Gasteiger partial charge is 0.317 e. The summed E-state index contributed by atoms with van der Waals surface area (Å²) in [5.41, 5.74) is 0.262. The van der Waals surface area contributed by atoms with Crippen molar-refractivity contribution in [2.75, 3.05) is 19.6 Å². The first kappa shape index (κ1) is 12.3. The number of likely N-dealkylation sites (tertiary alicyclic amines) is 1. The fraction of sp³-hybridized carbons (Fsp3) is 0.917. The zero-order valence-corrected chi connectivity index (χ0v) is 10.5. The van der Waals surface area contributed by atoms with E-state index in [1.807, 2.05) is 4.90 Å². The molecule has 0 aromatic carbocycles. The highest BCUT2D eigenvalue weighted by Gasteiger charge is 2.22. The molecule has 2 amide bonds. The summed E-state index contributed by atoms with van der Waals surface area (Å²) in [6, 6.07) is 0.114. The second kappa shape index (κ2) is 4.86. The first-order valence-electron chi connectivity index (χ1n) is 5.94. The zero-order valence-electron chi connectivity index (χ0n) is 10.5. The fourth-order valence-electron chi connectivity index (χ4n) is 1.58. The van der Waals surface area contributed by atoms with Crippen LogP contribution in [-0.2, 0) is 0 Å². The van der Waals surface area contributed by atoms with Crippen molar-refractivity contribution >= 4 is 6.03 Å². The molecule has 1 rings (SSSR count). The molecule has 1 atom stereocenters. The van der Waals surface area contributed by atoms with Gasteiger partial charge in [-0.05, 0) is 24.2 Å². The minimum absolute atomic E-state index is 0.114. The van der Waals surface area contributed by atoms with Gasteiger partial charge in [0.05, 0.1) is 0 Å². The van der Waals surface area contributed by atoms with Gasteiger partial charge in [0.25, 0.3) is 0 Å². The molecular weight excluding hydrogens is 188 g/mol. The Labute approximate surface area is 93.2 Å². The van der Waals surface area contributed by atoms with Gasteiger partial charge in [0.2, 0.25) is 0 Å². The average molecular weight is 212 g/mol. The molecule has 1 heterocycles. The van der Waals surface area contributed by atoms with E-state index in [1.165, 1.54) is 0 Å². The third-order valence-electron chi connectivity index (χ3n) is 3.43. The van der Waals surface area contributed by atoms with Crippen LogP contribution in [0.15, 0.2) is 0 Å². The van der Waals surface area contributed by atoms with E-state index in [1.54, 1.807) is 0 Å². The minimum Gasteiger partial charge on any atom is -0.338 e. The lowest BCUT2D eigenvalue weighted by Crippen LogP contribution is -2.41. The van der Waals surface area contributed by atoms with E-state index in [9.17, 15) is 4.79 Å². The van der Waals surface area contributed by atoms with Gasteiger partial charge in [-0.15, -0.1) is 0 Å². The summed E-state index contributed by atoms with van der Waals surface area (Å²) in [6.45, 7) is 11.4. The molecule has 0 aliphatic carbocycles. The number of amides is 2. The Morgan fingerprint density at radius 2 is 1.87 bits per heavy atom. The Hall–Kier alpha value is -0.730. The number of nitrogens with one attached hydrogen (secondary N) is 1. The van der Waals surface area contributed by atoms with Crippen LogP contribution >= 0.6 is 0 Å². The molecule has 3 heteroatoms. The van der Waals surface area contributed by atoms with Crippen molar-refractivity contribution in [3.63, 3.8) is 0 Å². The Morgan fingerprint density at radius 1 is 1.33 bits per heavy atom. The molecule has 0 aromatic heterocycles. The van der Waals surface area contributed by atoms with Crippen LogP contribution in [0, 0.1) is 11.3 Å². The van der Waals surface area contributed by atoms with Gasteiger partial charge in [-0.25, -0.2) is 4.79 Å². The van der Waals surface area contributed by atoms with Crippen LogP contribution < -0.4 is 5.32 Å². The van der Waals surface area contributed by atoms with Crippen LogP contribution in [0.25, 0.3) is 0 Å². The molecule has 1 aliphatic heterocycles. The van der Waals surface area contributed by atoms with E-state index < -0.39 is 0 Å². The van der Waals surface area contributed by atoms with Gasteiger partial charge in [0, 0.05) is 19.6 Å². The average Bonchev–Trinajstić information content (AvgIpc) is 2.64. The van der Waals surface area contributed by atoms with Gasteiger partial charge in [0.1, 0.15) is 0 Å². The van der Waals surface area contributed by atoms with Gasteiger partial charge in [-0.3, -0.25) is 0 Å². The van der Waals surface area contributed by atoms with E-state index in [2.05, 4.69) is 33.0 Å². The molecule has 1 fully saturated rings. The molecule has 1 aliphatic rings. The summed E-state index contributed by atoms with van der Waals surface area (Å²) in [7, 11) is 0. The number of hydrogen-bond acceptors (Lipinski definition) is 1. The maximum atomic E-state index is 11.7. The van der Waals surface area contributed by atoms with Crippen molar-refractivity contribution in [1.82, 2.24) is 10.2 Å². The largest absolute Gasteiger partial charge is 0.338 e. The summed E-state index contributed by atoms with van der Waals surface area (Å²) in [6.07, 6.45) is 2.31. The summed E-state index contributed by atoms with van der Waals surface area (Å²) in [4.78, 5) is 13.6. The first-order chi connectivity index (χ1) is 6.91. The van der Waals surface area contributed by atoms with Crippen molar-refractivity contribution in [3.8, 4) is 0 Å². The molecule has 1 N–H and O–H groups in total. The quantitative estimate of drug-likeness (QED) is 0.749. The molecule has 88 valence electrons. The van der Waals surface area contributed by atoms with Gasteiger partial charge >= 0.3 is 6.03 Å². The number of urea groups is 1. The lowest BCUT2D eigenvalue weighted by molar-refractivity contribution is 0.198. The molecule has 0 spiro atoms. The maximum absolute atomic E-state index is 11.7. The van der Waals surface area contributed by atoms with E-state index in [-0.39, 0.29) is 11.4 Å². The number of carbonyl (C=O) groups is 1. The maximum Gasteiger partial charge on any atom is 0.317 e. The highest BCUT2D eigenvalue weighted by atomic mass is 16.2. The van der Waals surface area contributed by atoms with E-state index in [0.717, 1.165) is 32.5 Å². The molecule has 0 radical (unpaired) electrons. The van der Waals surface area contributed by atoms with Crippen molar-refractivity contribution in [1.29, 1.82) is 0 Å². The van der Waals surface area contributed by atoms with Crippen LogP contribution in [0.3, 0.4) is 0 Å². The van der Waals surface area contributed by atoms with Gasteiger partial charge in [-0.1, -0.05) is 27.7 Å². The van der Waals surface area contributed by atoms with Gasteiger partial charge in [0.15, 0.2) is 0 Å². The third kappa shape index (κ3) is 3.73. The highest BCUT2D eigenvalue weighted by Crippen LogP contribution is 2.24. The predicted molar refractivity (Wildman–Crippen MR) is 62.8 cm³/mol. The second-order valence-corrected chi connectivity index (χ2v) is 5.65. The van der Waals surface area contributed by atoms with Crippen molar-refractivity contribution in [3.05, 3.63) is 0 Å². The molecule has 1 saturated heterocycles. The van der Waals surface area contributed by atoms with Crippen molar-refractivity contribution < 1.29 is 4.79 Å². The monoisotopic (exact) mass is 212 g/mol. The van der Waals surface area contributed by atoms with Crippen molar-refractivity contribution in [2.24, 2.45) is 11.3 Å². The SMILES string of the molecule is CC(CNC(=O)N1CCCC1)C(C)(C)C. The fourth-order valence-corrected chi connectivity index (χ4v) is 1.58. The number of nitrogens with zero attached hydrogens (tertiary/aromatic N) is 1. The lowest BCUT2D eigenvalue weighted by Gasteiger charge is -2.28. The summed E-state index contributed by atoms with van der Waals surface area (Å²) in [5.74, 6) is 0.504. The highest BCUT2D eigenvalue weighted by molar-refractivity contribution is 5.74. The molecular formula is C12H24N2O. The standard InChI is InChI=1S/C12H24N2O/c1-10(12(2,3)4)9-13-11(15)14-7-5-6-8-14/h10H,5-9H2,1-4H3,(H,13,15). The van der Waals surface area contributed by atoms with Crippen LogP contribution in [0.4, 0.5) is 4.79 Å². The van der Waals surface area contributed by atoms with Gasteiger partial charge in [-0.2, -0.15) is 0 Å². The first-order valence-corrected chi connectivity index (χ1v) is 5.94. The Morgan fingerprint density at radius 3 is 2.33 bits per heavy atom. The van der Waals surface area contributed by atoms with Crippen LogP contribution in [0.1, 0.15) is 40.5 Å². The number of hydrogen-bond donors (Lipinski definition) is 1. The van der Waals surface area contributed by atoms with Crippen molar-refractivity contribution in [2.45, 2.75) is 40.5 Å².